The number of alkyl halides is 3. The van der Waals surface area contributed by atoms with Crippen molar-refractivity contribution >= 4 is 21.9 Å². The van der Waals surface area contributed by atoms with Crippen molar-refractivity contribution in [3.63, 3.8) is 0 Å². The van der Waals surface area contributed by atoms with Crippen molar-refractivity contribution < 1.29 is 22.7 Å². The zero-order chi connectivity index (χ0) is 18.4. The molecule has 0 N–H and O–H groups in total. The highest BCUT2D eigenvalue weighted by Crippen LogP contribution is 2.42. The summed E-state index contributed by atoms with van der Waals surface area (Å²) in [5.74, 6) is -1.14. The van der Waals surface area contributed by atoms with Crippen LogP contribution in [-0.2, 0) is 22.3 Å². The predicted molar refractivity (Wildman–Crippen MR) is 87.1 cm³/mol. The van der Waals surface area contributed by atoms with E-state index in [0.717, 1.165) is 12.1 Å². The van der Waals surface area contributed by atoms with Crippen LogP contribution in [0.15, 0.2) is 45.7 Å². The van der Waals surface area contributed by atoms with Crippen LogP contribution in [0.4, 0.5) is 13.2 Å². The van der Waals surface area contributed by atoms with Crippen LogP contribution in [-0.4, -0.2) is 10.5 Å². The molecule has 25 heavy (non-hydrogen) atoms. The number of nitrogens with zero attached hydrogens (tertiary/aromatic N) is 1. The molecule has 0 radical (unpaired) electrons. The molecule has 2 atom stereocenters. The molecule has 0 aliphatic carbocycles. The Labute approximate surface area is 149 Å². The third kappa shape index (κ3) is 3.35. The van der Waals surface area contributed by atoms with E-state index < -0.39 is 29.7 Å². The zero-order valence-corrected chi connectivity index (χ0v) is 14.6. The fraction of sp³-hybridized carbons (Fsp3) is 0.294. The number of carbonyl (C=O) groups is 1. The van der Waals surface area contributed by atoms with Gasteiger partial charge in [0.2, 0.25) is 0 Å². The van der Waals surface area contributed by atoms with E-state index in [0.29, 0.717) is 15.7 Å². The molecule has 2 heterocycles. The Hall–Kier alpha value is -2.09. The highest BCUT2D eigenvalue weighted by Gasteiger charge is 2.38. The van der Waals surface area contributed by atoms with E-state index in [1.54, 1.807) is 18.2 Å². The van der Waals surface area contributed by atoms with E-state index in [-0.39, 0.29) is 12.1 Å². The summed E-state index contributed by atoms with van der Waals surface area (Å²) < 4.78 is 46.1. The molecule has 1 aliphatic heterocycles. The molecule has 2 unspecified atom stereocenters. The molecule has 1 aliphatic rings. The Balaban J connectivity index is 2.08. The summed E-state index contributed by atoms with van der Waals surface area (Å²) in [6, 6.07) is 8.04. The first kappa shape index (κ1) is 17.7. The van der Waals surface area contributed by atoms with Crippen molar-refractivity contribution in [3.8, 4) is 0 Å². The quantitative estimate of drug-likeness (QED) is 0.695. The molecule has 0 saturated carbocycles. The third-order valence-electron chi connectivity index (χ3n) is 4.13. The largest absolute Gasteiger partial charge is 0.455 e. The van der Waals surface area contributed by atoms with Crippen LogP contribution >= 0.6 is 15.9 Å². The topological polar surface area (TPSA) is 48.3 Å². The van der Waals surface area contributed by atoms with E-state index in [2.05, 4.69) is 15.9 Å². The van der Waals surface area contributed by atoms with Crippen molar-refractivity contribution in [2.75, 3.05) is 0 Å². The third-order valence-corrected chi connectivity index (χ3v) is 4.74. The van der Waals surface area contributed by atoms with Gasteiger partial charge in [0.05, 0.1) is 15.7 Å². The minimum Gasteiger partial charge on any atom is -0.455 e. The van der Waals surface area contributed by atoms with Crippen LogP contribution in [0.25, 0.3) is 0 Å². The van der Waals surface area contributed by atoms with Crippen LogP contribution in [0.1, 0.15) is 35.8 Å². The SMILES string of the molecule is CC(=O)OC1c2ccc(Br)c(=O)n2CC1c1cccc(C(F)(F)F)c1. The van der Waals surface area contributed by atoms with Gasteiger partial charge in [-0.3, -0.25) is 9.59 Å². The van der Waals surface area contributed by atoms with Crippen LogP contribution in [0.5, 0.6) is 0 Å². The maximum atomic E-state index is 13.0. The summed E-state index contributed by atoms with van der Waals surface area (Å²) in [5, 5.41) is 0. The number of aromatic nitrogens is 1. The van der Waals surface area contributed by atoms with Gasteiger partial charge < -0.3 is 9.30 Å². The average molecular weight is 416 g/mol. The molecule has 0 saturated heterocycles. The number of hydrogen-bond donors (Lipinski definition) is 0. The van der Waals surface area contributed by atoms with Gasteiger partial charge in [-0.05, 0) is 39.7 Å². The second-order valence-electron chi connectivity index (χ2n) is 5.78. The Morgan fingerprint density at radius 2 is 2.00 bits per heavy atom. The lowest BCUT2D eigenvalue weighted by Crippen LogP contribution is -2.20. The first-order valence-corrected chi connectivity index (χ1v) is 8.21. The first-order chi connectivity index (χ1) is 11.7. The Kier molecular flexibility index (Phi) is 4.49. The van der Waals surface area contributed by atoms with Crippen LogP contribution in [0.2, 0.25) is 0 Å². The number of hydrogen-bond acceptors (Lipinski definition) is 3. The fourth-order valence-electron chi connectivity index (χ4n) is 3.05. The normalized spacial score (nSPS) is 19.6. The molecule has 4 nitrogen and oxygen atoms in total. The predicted octanol–water partition coefficient (Wildman–Crippen LogP) is 4.03. The van der Waals surface area contributed by atoms with Gasteiger partial charge in [0.15, 0.2) is 6.10 Å². The fourth-order valence-corrected chi connectivity index (χ4v) is 3.39. The number of carbonyl (C=O) groups excluding carboxylic acids is 1. The molecule has 0 amide bonds. The lowest BCUT2D eigenvalue weighted by Gasteiger charge is -2.20. The smallest absolute Gasteiger partial charge is 0.416 e. The lowest BCUT2D eigenvalue weighted by atomic mass is 9.93. The molecule has 0 bridgehead atoms. The minimum absolute atomic E-state index is 0.132. The van der Waals surface area contributed by atoms with E-state index in [1.165, 1.54) is 17.6 Å². The highest BCUT2D eigenvalue weighted by molar-refractivity contribution is 9.10. The molecule has 1 aromatic heterocycles. The molecule has 3 rings (SSSR count). The summed E-state index contributed by atoms with van der Waals surface area (Å²) in [5.41, 5.74) is -0.272. The zero-order valence-electron chi connectivity index (χ0n) is 13.0. The summed E-state index contributed by atoms with van der Waals surface area (Å²) in [4.78, 5) is 23.8. The van der Waals surface area contributed by atoms with Crippen molar-refractivity contribution in [2.45, 2.75) is 31.7 Å². The van der Waals surface area contributed by atoms with Crippen molar-refractivity contribution in [1.82, 2.24) is 4.57 Å². The van der Waals surface area contributed by atoms with Gasteiger partial charge in [-0.2, -0.15) is 13.2 Å². The monoisotopic (exact) mass is 415 g/mol. The summed E-state index contributed by atoms with van der Waals surface area (Å²) in [6.45, 7) is 1.36. The van der Waals surface area contributed by atoms with Crippen LogP contribution < -0.4 is 5.56 Å². The number of ether oxygens (including phenoxy) is 1. The Bertz CT molecular complexity index is 891. The van der Waals surface area contributed by atoms with E-state index in [1.807, 2.05) is 0 Å². The molecule has 0 spiro atoms. The van der Waals surface area contributed by atoms with Crippen molar-refractivity contribution in [1.29, 1.82) is 0 Å². The molecule has 8 heteroatoms. The second-order valence-corrected chi connectivity index (χ2v) is 6.64. The van der Waals surface area contributed by atoms with E-state index in [4.69, 9.17) is 4.74 Å². The first-order valence-electron chi connectivity index (χ1n) is 7.42. The van der Waals surface area contributed by atoms with Crippen molar-refractivity contribution in [2.24, 2.45) is 0 Å². The molecular weight excluding hydrogens is 403 g/mol. The number of fused-ring (bicyclic) bond motifs is 1. The number of rotatable bonds is 2. The van der Waals surface area contributed by atoms with Gasteiger partial charge in [-0.25, -0.2) is 0 Å². The highest BCUT2D eigenvalue weighted by atomic mass is 79.9. The number of pyridine rings is 1. The van der Waals surface area contributed by atoms with Crippen molar-refractivity contribution in [3.05, 3.63) is 68.0 Å². The molecule has 0 fully saturated rings. The Morgan fingerprint density at radius 1 is 1.28 bits per heavy atom. The second kappa shape index (κ2) is 6.33. The number of benzene rings is 1. The summed E-state index contributed by atoms with van der Waals surface area (Å²) in [6.07, 6.45) is -5.29. The van der Waals surface area contributed by atoms with Gasteiger partial charge in [-0.15, -0.1) is 0 Å². The molecule has 2 aromatic rings. The summed E-state index contributed by atoms with van der Waals surface area (Å²) >= 11 is 3.14. The van der Waals surface area contributed by atoms with E-state index >= 15 is 0 Å². The van der Waals surface area contributed by atoms with Gasteiger partial charge in [0, 0.05) is 19.4 Å². The van der Waals surface area contributed by atoms with E-state index in [9.17, 15) is 22.8 Å². The molecule has 132 valence electrons. The standard InChI is InChI=1S/C17H13BrF3NO3/c1-9(23)25-15-12(8-22-14(15)6-5-13(18)16(22)24)10-3-2-4-11(7-10)17(19,20)21/h2-7,12,15H,8H2,1H3. The number of halogens is 4. The minimum atomic E-state index is -4.47. The van der Waals surface area contributed by atoms with Crippen LogP contribution in [0.3, 0.4) is 0 Å². The number of esters is 1. The Morgan fingerprint density at radius 3 is 2.64 bits per heavy atom. The van der Waals surface area contributed by atoms with Gasteiger partial charge in [-0.1, -0.05) is 18.2 Å². The molecule has 1 aromatic carbocycles. The van der Waals surface area contributed by atoms with Gasteiger partial charge in [0.25, 0.3) is 5.56 Å². The van der Waals surface area contributed by atoms with Crippen LogP contribution in [0, 0.1) is 0 Å². The maximum absolute atomic E-state index is 13.0. The van der Waals surface area contributed by atoms with Gasteiger partial charge in [0.1, 0.15) is 0 Å². The summed E-state index contributed by atoms with van der Waals surface area (Å²) in [7, 11) is 0. The lowest BCUT2D eigenvalue weighted by molar-refractivity contribution is -0.147. The average Bonchev–Trinajstić information content (AvgIpc) is 2.89. The van der Waals surface area contributed by atoms with Gasteiger partial charge >= 0.3 is 12.1 Å². The molecular formula is C17H13BrF3NO3. The maximum Gasteiger partial charge on any atom is 0.416 e.